The first-order valence-corrected chi connectivity index (χ1v) is 7.37. The molecule has 0 saturated carbocycles. The van der Waals surface area contributed by atoms with Gasteiger partial charge < -0.3 is 20.0 Å². The van der Waals surface area contributed by atoms with Crippen molar-refractivity contribution < 1.29 is 0 Å². The van der Waals surface area contributed by atoms with Crippen molar-refractivity contribution >= 4 is 0 Å². The molecule has 1 saturated heterocycles. The highest BCUT2D eigenvalue weighted by atomic mass is 15.2. The molecule has 0 radical (unpaired) electrons. The van der Waals surface area contributed by atoms with Gasteiger partial charge in [0.1, 0.15) is 0 Å². The molecule has 0 amide bonds. The van der Waals surface area contributed by atoms with Crippen LogP contribution in [0.3, 0.4) is 0 Å². The predicted molar refractivity (Wildman–Crippen MR) is 79.2 cm³/mol. The maximum Gasteiger partial charge on any atom is 0.0106 e. The Hall–Kier alpha value is -0.160. The maximum absolute atomic E-state index is 3.62. The molecule has 0 bridgehead atoms. The van der Waals surface area contributed by atoms with Crippen LogP contribution in [0.4, 0.5) is 0 Å². The molecule has 0 spiro atoms. The second-order valence-corrected chi connectivity index (χ2v) is 5.91. The summed E-state index contributed by atoms with van der Waals surface area (Å²) in [7, 11) is 6.70. The fraction of sp³-hybridized carbons (Fsp3) is 1.00. The quantitative estimate of drug-likeness (QED) is 0.683. The first kappa shape index (κ1) is 15.9. The van der Waals surface area contributed by atoms with Gasteiger partial charge in [0, 0.05) is 32.2 Å². The van der Waals surface area contributed by atoms with Crippen molar-refractivity contribution in [3.63, 3.8) is 0 Å². The van der Waals surface area contributed by atoms with Gasteiger partial charge in [0.2, 0.25) is 0 Å². The topological polar surface area (TPSA) is 21.8 Å². The smallest absolute Gasteiger partial charge is 0.0106 e. The van der Waals surface area contributed by atoms with Gasteiger partial charge in [-0.2, -0.15) is 0 Å². The number of hydrogen-bond donors (Lipinski definition) is 1. The van der Waals surface area contributed by atoms with E-state index in [-0.39, 0.29) is 0 Å². The minimum atomic E-state index is 0.626. The molecule has 1 unspecified atom stereocenters. The highest BCUT2D eigenvalue weighted by molar-refractivity contribution is 4.67. The Morgan fingerprint density at radius 3 is 2.00 bits per heavy atom. The summed E-state index contributed by atoms with van der Waals surface area (Å²) in [6.07, 6.45) is 2.51. The zero-order chi connectivity index (χ0) is 13.4. The molecule has 4 heteroatoms. The van der Waals surface area contributed by atoms with Crippen molar-refractivity contribution in [3.05, 3.63) is 0 Å². The van der Waals surface area contributed by atoms with E-state index in [0.29, 0.717) is 6.04 Å². The van der Waals surface area contributed by atoms with E-state index in [1.165, 1.54) is 45.6 Å². The van der Waals surface area contributed by atoms with Gasteiger partial charge in [-0.25, -0.2) is 0 Å². The molecule has 1 aliphatic heterocycles. The standard InChI is InChI=1S/C14H32N4/c1-14-6-10-18(4)13-12-17(3)9-5-8-16(2)11-7-15-14/h14-15H,5-13H2,1-4H3. The van der Waals surface area contributed by atoms with Crippen LogP contribution in [0.2, 0.25) is 0 Å². The summed E-state index contributed by atoms with van der Waals surface area (Å²) < 4.78 is 0. The predicted octanol–water partition coefficient (Wildman–Crippen LogP) is 0.554. The van der Waals surface area contributed by atoms with Gasteiger partial charge in [-0.1, -0.05) is 0 Å². The molecular weight excluding hydrogens is 224 g/mol. The van der Waals surface area contributed by atoms with Crippen molar-refractivity contribution in [1.29, 1.82) is 0 Å². The van der Waals surface area contributed by atoms with Crippen LogP contribution in [-0.4, -0.2) is 87.7 Å². The average Bonchev–Trinajstić information content (AvgIpc) is 2.33. The molecule has 0 aliphatic carbocycles. The van der Waals surface area contributed by atoms with E-state index in [1.807, 2.05) is 0 Å². The number of likely N-dealkylation sites (N-methyl/N-ethyl adjacent to an activating group) is 3. The van der Waals surface area contributed by atoms with Gasteiger partial charge in [-0.15, -0.1) is 0 Å². The first-order valence-electron chi connectivity index (χ1n) is 7.37. The first-order chi connectivity index (χ1) is 8.58. The molecule has 1 aliphatic rings. The molecule has 1 N–H and O–H groups in total. The molecule has 108 valence electrons. The Morgan fingerprint density at radius 1 is 0.778 bits per heavy atom. The lowest BCUT2D eigenvalue weighted by Crippen LogP contribution is -2.39. The number of nitrogens with one attached hydrogen (secondary N) is 1. The third-order valence-electron chi connectivity index (χ3n) is 3.87. The highest BCUT2D eigenvalue weighted by Crippen LogP contribution is 1.97. The number of rotatable bonds is 0. The van der Waals surface area contributed by atoms with Gasteiger partial charge in [0.15, 0.2) is 0 Å². The summed E-state index contributed by atoms with van der Waals surface area (Å²) in [6.45, 7) is 10.5. The van der Waals surface area contributed by atoms with Crippen LogP contribution in [0.1, 0.15) is 19.8 Å². The summed E-state index contributed by atoms with van der Waals surface area (Å²) >= 11 is 0. The second-order valence-electron chi connectivity index (χ2n) is 5.91. The molecule has 4 nitrogen and oxygen atoms in total. The van der Waals surface area contributed by atoms with Gasteiger partial charge in [0.25, 0.3) is 0 Å². The van der Waals surface area contributed by atoms with E-state index in [1.54, 1.807) is 0 Å². The average molecular weight is 256 g/mol. The number of hydrogen-bond acceptors (Lipinski definition) is 4. The fourth-order valence-corrected chi connectivity index (χ4v) is 2.31. The zero-order valence-corrected chi connectivity index (χ0v) is 12.8. The van der Waals surface area contributed by atoms with E-state index >= 15 is 0 Å². The second kappa shape index (κ2) is 8.86. The third kappa shape index (κ3) is 7.31. The minimum Gasteiger partial charge on any atom is -0.313 e. The van der Waals surface area contributed by atoms with Crippen molar-refractivity contribution in [3.8, 4) is 0 Å². The van der Waals surface area contributed by atoms with E-state index in [0.717, 1.165) is 13.1 Å². The highest BCUT2D eigenvalue weighted by Gasteiger charge is 2.08. The Bertz CT molecular complexity index is 190. The summed E-state index contributed by atoms with van der Waals surface area (Å²) in [5, 5.41) is 3.62. The lowest BCUT2D eigenvalue weighted by molar-refractivity contribution is 0.227. The Morgan fingerprint density at radius 2 is 1.33 bits per heavy atom. The molecule has 0 aromatic carbocycles. The molecule has 1 heterocycles. The lowest BCUT2D eigenvalue weighted by atomic mass is 10.2. The SMILES string of the molecule is CC1CCN(C)CCN(C)CCCN(C)CCN1. The summed E-state index contributed by atoms with van der Waals surface area (Å²) in [5.74, 6) is 0. The van der Waals surface area contributed by atoms with Gasteiger partial charge in [0.05, 0.1) is 0 Å². The molecule has 0 aromatic rings. The van der Waals surface area contributed by atoms with Crippen LogP contribution in [0, 0.1) is 0 Å². The minimum absolute atomic E-state index is 0.626. The van der Waals surface area contributed by atoms with E-state index < -0.39 is 0 Å². The summed E-state index contributed by atoms with van der Waals surface area (Å²) in [4.78, 5) is 7.34. The normalized spacial score (nSPS) is 29.0. The van der Waals surface area contributed by atoms with E-state index in [2.05, 4.69) is 48.1 Å². The van der Waals surface area contributed by atoms with Gasteiger partial charge >= 0.3 is 0 Å². The largest absolute Gasteiger partial charge is 0.313 e. The monoisotopic (exact) mass is 256 g/mol. The van der Waals surface area contributed by atoms with Crippen LogP contribution in [0.5, 0.6) is 0 Å². The van der Waals surface area contributed by atoms with E-state index in [9.17, 15) is 0 Å². The number of nitrogens with zero attached hydrogens (tertiary/aromatic N) is 3. The van der Waals surface area contributed by atoms with Crippen LogP contribution in [0.25, 0.3) is 0 Å². The summed E-state index contributed by atoms with van der Waals surface area (Å²) in [5.41, 5.74) is 0. The summed E-state index contributed by atoms with van der Waals surface area (Å²) in [6, 6.07) is 0.626. The van der Waals surface area contributed by atoms with Gasteiger partial charge in [-0.3, -0.25) is 0 Å². The van der Waals surface area contributed by atoms with Crippen molar-refractivity contribution in [2.75, 3.05) is 67.0 Å². The lowest BCUT2D eigenvalue weighted by Gasteiger charge is -2.26. The molecular formula is C14H32N4. The molecule has 18 heavy (non-hydrogen) atoms. The molecule has 1 atom stereocenters. The third-order valence-corrected chi connectivity index (χ3v) is 3.87. The maximum atomic E-state index is 3.62. The van der Waals surface area contributed by atoms with Crippen molar-refractivity contribution in [2.45, 2.75) is 25.8 Å². The molecule has 0 aromatic heterocycles. The van der Waals surface area contributed by atoms with Crippen LogP contribution in [0.15, 0.2) is 0 Å². The Balaban J connectivity index is 2.37. The van der Waals surface area contributed by atoms with Crippen LogP contribution in [-0.2, 0) is 0 Å². The molecule has 1 rings (SSSR count). The molecule has 1 fully saturated rings. The zero-order valence-electron chi connectivity index (χ0n) is 12.8. The fourth-order valence-electron chi connectivity index (χ4n) is 2.31. The van der Waals surface area contributed by atoms with E-state index in [4.69, 9.17) is 0 Å². The van der Waals surface area contributed by atoms with Crippen LogP contribution < -0.4 is 5.32 Å². The Labute approximate surface area is 113 Å². The Kier molecular flexibility index (Phi) is 7.82. The van der Waals surface area contributed by atoms with Gasteiger partial charge in [-0.05, 0) is 60.5 Å². The van der Waals surface area contributed by atoms with Crippen LogP contribution >= 0.6 is 0 Å². The van der Waals surface area contributed by atoms with Crippen molar-refractivity contribution in [1.82, 2.24) is 20.0 Å². The van der Waals surface area contributed by atoms with Crippen molar-refractivity contribution in [2.24, 2.45) is 0 Å².